The standard InChI is InChI=1S/C46H67N3O13/c1-26-9-15-35-28(3)38(55-41-45(35)33(26)19-21-43(5,57-41)59-61-45)8-7-23-48(30-11-13-31(14-12-30)49(53)54)37(40(52)47-24-32(51)25-50)17-18-39-29(4)36-16-10-27(2)34-20-22-44(6)58-42(56-39)46(34,36)62-60-44/h11-14,26-29,33-39,41-42,50H,7-10,15-25H2,1-6H3,(H,47,52)/t26-,27-,28-,29-,33?,34?,35?,36?,37?,38-,39-,41-,42-,43+,44+,45-,46-/m1/s1. The van der Waals surface area contributed by atoms with Crippen LogP contribution in [-0.4, -0.2) is 95.0 Å². The van der Waals surface area contributed by atoms with E-state index in [0.29, 0.717) is 56.2 Å². The number of carbonyl (C=O) groups is 2. The zero-order valence-corrected chi connectivity index (χ0v) is 37.2. The van der Waals surface area contributed by atoms with Crippen LogP contribution < -0.4 is 10.2 Å². The number of amides is 1. The summed E-state index contributed by atoms with van der Waals surface area (Å²) in [5, 5.41) is 24.1. The molecule has 4 bridgehead atoms. The zero-order valence-electron chi connectivity index (χ0n) is 37.2. The van der Waals surface area contributed by atoms with Crippen LogP contribution in [0.15, 0.2) is 24.3 Å². The lowest BCUT2D eigenvalue weighted by Gasteiger charge is -2.60. The first-order valence-electron chi connectivity index (χ1n) is 23.4. The number of aliphatic hydroxyl groups excluding tert-OH is 1. The van der Waals surface area contributed by atoms with E-state index in [4.69, 9.17) is 38.5 Å². The van der Waals surface area contributed by atoms with Gasteiger partial charge in [0.25, 0.3) is 5.69 Å². The Morgan fingerprint density at radius 1 is 0.790 bits per heavy atom. The van der Waals surface area contributed by atoms with E-state index in [2.05, 4.69) is 33.0 Å². The molecule has 8 saturated heterocycles. The Morgan fingerprint density at radius 2 is 1.32 bits per heavy atom. The summed E-state index contributed by atoms with van der Waals surface area (Å²) in [5.41, 5.74) is -0.814. The van der Waals surface area contributed by atoms with Crippen LogP contribution in [0.2, 0.25) is 0 Å². The fourth-order valence-corrected chi connectivity index (χ4v) is 13.4. The Bertz CT molecular complexity index is 1840. The fourth-order valence-electron chi connectivity index (χ4n) is 13.4. The molecule has 10 fully saturated rings. The molecule has 62 heavy (non-hydrogen) atoms. The van der Waals surface area contributed by atoms with E-state index in [1.54, 1.807) is 12.1 Å². The van der Waals surface area contributed by atoms with Gasteiger partial charge in [0, 0.05) is 49.0 Å². The Morgan fingerprint density at radius 3 is 1.84 bits per heavy atom. The molecule has 2 saturated carbocycles. The monoisotopic (exact) mass is 869 g/mol. The molecule has 5 unspecified atom stereocenters. The van der Waals surface area contributed by atoms with Crippen molar-refractivity contribution in [3.8, 4) is 0 Å². The van der Waals surface area contributed by atoms with E-state index >= 15 is 0 Å². The van der Waals surface area contributed by atoms with Gasteiger partial charge in [0.2, 0.25) is 17.5 Å². The van der Waals surface area contributed by atoms with Crippen molar-refractivity contribution < 1.29 is 58.1 Å². The number of hydrogen-bond donors (Lipinski definition) is 2. The second-order valence-corrected chi connectivity index (χ2v) is 20.5. The number of ketones is 1. The van der Waals surface area contributed by atoms with Crippen LogP contribution in [0.1, 0.15) is 119 Å². The average Bonchev–Trinajstić information content (AvgIpc) is 3.63. The van der Waals surface area contributed by atoms with Crippen LogP contribution in [0.5, 0.6) is 0 Å². The Hall–Kier alpha value is -2.80. The van der Waals surface area contributed by atoms with E-state index < -0.39 is 58.7 Å². The largest absolute Gasteiger partial charge is 0.389 e. The predicted molar refractivity (Wildman–Crippen MR) is 221 cm³/mol. The highest BCUT2D eigenvalue weighted by molar-refractivity contribution is 5.90. The molecule has 2 N–H and O–H groups in total. The van der Waals surface area contributed by atoms with Crippen molar-refractivity contribution in [1.29, 1.82) is 0 Å². The number of fused-ring (bicyclic) bond motifs is 4. The number of nitrogens with zero attached hydrogens (tertiary/aromatic N) is 2. The van der Waals surface area contributed by atoms with Crippen LogP contribution in [0, 0.1) is 57.5 Å². The van der Waals surface area contributed by atoms with Gasteiger partial charge in [-0.15, -0.1) is 0 Å². The number of hydrogen-bond acceptors (Lipinski definition) is 14. The third kappa shape index (κ3) is 7.50. The van der Waals surface area contributed by atoms with Gasteiger partial charge in [-0.25, -0.2) is 19.6 Å². The summed E-state index contributed by atoms with van der Waals surface area (Å²) < 4.78 is 27.1. The number of anilines is 1. The lowest BCUT2D eigenvalue weighted by atomic mass is 9.57. The number of Topliss-reactive ketones (excluding diaryl/α,β-unsaturated/α-hetero) is 1. The molecular formula is C46H67N3O13. The van der Waals surface area contributed by atoms with Gasteiger partial charge in [0.05, 0.1) is 23.7 Å². The maximum absolute atomic E-state index is 14.4. The van der Waals surface area contributed by atoms with Crippen LogP contribution >= 0.6 is 0 Å². The Labute approximate surface area is 364 Å². The average molecular weight is 870 g/mol. The summed E-state index contributed by atoms with van der Waals surface area (Å²) in [6, 6.07) is 5.47. The lowest BCUT2D eigenvalue weighted by molar-refractivity contribution is -0.571. The lowest BCUT2D eigenvalue weighted by Crippen LogP contribution is -2.70. The Balaban J connectivity index is 0.971. The summed E-state index contributed by atoms with van der Waals surface area (Å²) in [4.78, 5) is 64.9. The minimum Gasteiger partial charge on any atom is -0.389 e. The van der Waals surface area contributed by atoms with E-state index in [-0.39, 0.29) is 65.9 Å². The first-order valence-corrected chi connectivity index (χ1v) is 23.4. The van der Waals surface area contributed by atoms with Crippen molar-refractivity contribution in [2.75, 3.05) is 24.6 Å². The normalized spacial score (nSPS) is 44.6. The molecule has 1 amide bonds. The zero-order chi connectivity index (χ0) is 43.8. The Kier molecular flexibility index (Phi) is 12.1. The van der Waals surface area contributed by atoms with Crippen molar-refractivity contribution >= 4 is 23.1 Å². The van der Waals surface area contributed by atoms with Crippen molar-refractivity contribution in [3.63, 3.8) is 0 Å². The quantitative estimate of drug-likeness (QED) is 0.117. The predicted octanol–water partition coefficient (Wildman–Crippen LogP) is 6.51. The van der Waals surface area contributed by atoms with Crippen molar-refractivity contribution in [3.05, 3.63) is 34.4 Å². The second kappa shape index (κ2) is 16.9. The number of aliphatic hydroxyl groups is 1. The SMILES string of the molecule is C[C@@H]1CCC2[C@@H](C)[C@@H](CCCN(c3ccc([N+](=O)[O-])cc3)C(CC[C@H]3O[C@@H]4O[C@]5(C)CCC6[C@H](C)CCC([C@H]3C)[C@]64OO5)C(=O)NCC(=O)CO)O[C@@H]3O[C@]4(C)CCC1[C@@]23OO4. The van der Waals surface area contributed by atoms with Gasteiger partial charge >= 0.3 is 0 Å². The number of non-ortho nitro benzene ring substituents is 1. The number of benzene rings is 1. The summed E-state index contributed by atoms with van der Waals surface area (Å²) in [6.07, 6.45) is 7.89. The summed E-state index contributed by atoms with van der Waals surface area (Å²) in [7, 11) is 0. The molecule has 8 aliphatic heterocycles. The van der Waals surface area contributed by atoms with Gasteiger partial charge < -0.3 is 34.3 Å². The molecule has 10 aliphatic rings. The van der Waals surface area contributed by atoms with Crippen molar-refractivity contribution in [2.24, 2.45) is 47.3 Å². The van der Waals surface area contributed by atoms with Gasteiger partial charge in [0.1, 0.15) is 12.6 Å². The maximum atomic E-state index is 14.4. The first-order chi connectivity index (χ1) is 29.6. The van der Waals surface area contributed by atoms with Gasteiger partial charge in [-0.3, -0.25) is 19.7 Å². The minimum absolute atomic E-state index is 0.0529. The molecule has 17 atom stereocenters. The van der Waals surface area contributed by atoms with E-state index in [1.165, 1.54) is 12.1 Å². The summed E-state index contributed by atoms with van der Waals surface area (Å²) in [5.74, 6) is -0.870. The van der Waals surface area contributed by atoms with Crippen molar-refractivity contribution in [1.82, 2.24) is 5.32 Å². The number of nitrogens with one attached hydrogen (secondary N) is 1. The maximum Gasteiger partial charge on any atom is 0.269 e. The molecule has 2 aliphatic carbocycles. The molecular weight excluding hydrogens is 803 g/mol. The summed E-state index contributed by atoms with van der Waals surface area (Å²) in [6.45, 7) is 12.2. The highest BCUT2D eigenvalue weighted by Gasteiger charge is 2.70. The smallest absolute Gasteiger partial charge is 0.269 e. The summed E-state index contributed by atoms with van der Waals surface area (Å²) >= 11 is 0. The first kappa shape index (κ1) is 44.4. The van der Waals surface area contributed by atoms with Gasteiger partial charge in [0.15, 0.2) is 29.6 Å². The van der Waals surface area contributed by atoms with Crippen LogP contribution in [0.3, 0.4) is 0 Å². The van der Waals surface area contributed by atoms with Gasteiger partial charge in [-0.1, -0.05) is 27.7 Å². The number of rotatable bonds is 14. The highest BCUT2D eigenvalue weighted by Crippen LogP contribution is 2.62. The minimum atomic E-state index is -0.922. The van der Waals surface area contributed by atoms with E-state index in [9.17, 15) is 24.8 Å². The molecule has 1 aromatic rings. The molecule has 0 radical (unpaired) electrons. The number of ether oxygens (including phenoxy) is 4. The number of nitro benzene ring substituents is 1. The molecule has 8 heterocycles. The number of nitro groups is 1. The highest BCUT2D eigenvalue weighted by atomic mass is 17.3. The molecule has 0 aromatic heterocycles. The fraction of sp³-hybridized carbons (Fsp3) is 0.826. The topological polar surface area (TPSA) is 187 Å². The molecule has 16 heteroatoms. The van der Waals surface area contributed by atoms with Gasteiger partial charge in [-0.05, 0) is 126 Å². The molecule has 2 spiro atoms. The van der Waals surface area contributed by atoms with Crippen LogP contribution in [-0.2, 0) is 48.1 Å². The third-order valence-electron chi connectivity index (χ3n) is 16.9. The van der Waals surface area contributed by atoms with Crippen molar-refractivity contribution in [2.45, 2.75) is 172 Å². The van der Waals surface area contributed by atoms with Crippen LogP contribution in [0.25, 0.3) is 0 Å². The van der Waals surface area contributed by atoms with Crippen LogP contribution in [0.4, 0.5) is 11.4 Å². The number of carbonyl (C=O) groups excluding carboxylic acids is 2. The molecule has 344 valence electrons. The second-order valence-electron chi connectivity index (χ2n) is 20.5. The van der Waals surface area contributed by atoms with Gasteiger partial charge in [-0.2, -0.15) is 0 Å². The third-order valence-corrected chi connectivity index (χ3v) is 16.9. The molecule has 1 aromatic carbocycles. The molecule has 16 nitrogen and oxygen atoms in total. The van der Waals surface area contributed by atoms with E-state index in [0.717, 1.165) is 44.9 Å². The van der Waals surface area contributed by atoms with E-state index in [1.807, 2.05) is 18.7 Å². The molecule has 11 rings (SSSR count).